The number of hydrogen-bond donors (Lipinski definition) is 3. The van der Waals surface area contributed by atoms with Gasteiger partial charge in [-0.1, -0.05) is 13.8 Å². The van der Waals surface area contributed by atoms with Crippen molar-refractivity contribution in [2.24, 2.45) is 11.7 Å². The van der Waals surface area contributed by atoms with Gasteiger partial charge in [0.1, 0.15) is 17.5 Å². The van der Waals surface area contributed by atoms with Crippen LogP contribution in [0.2, 0.25) is 0 Å². The highest BCUT2D eigenvalue weighted by Crippen LogP contribution is 2.12. The average Bonchev–Trinajstić information content (AvgIpc) is 2.24. The molecule has 0 spiro atoms. The van der Waals surface area contributed by atoms with Crippen molar-refractivity contribution < 1.29 is 0 Å². The Kier molecular flexibility index (Phi) is 5.54. The summed E-state index contributed by atoms with van der Waals surface area (Å²) >= 11 is 0. The SMILES string of the molecule is Cc1nc(NCCC(C)(C)N)cc(NCC(C)C)n1. The smallest absolute Gasteiger partial charge is 0.131 e. The summed E-state index contributed by atoms with van der Waals surface area (Å²) in [5, 5.41) is 6.62. The van der Waals surface area contributed by atoms with Gasteiger partial charge in [-0.25, -0.2) is 9.97 Å². The lowest BCUT2D eigenvalue weighted by Gasteiger charge is -2.18. The molecule has 1 rings (SSSR count). The Morgan fingerprint density at radius 1 is 1.21 bits per heavy atom. The third-order valence-electron chi connectivity index (χ3n) is 2.60. The normalized spacial score (nSPS) is 11.7. The van der Waals surface area contributed by atoms with Crippen molar-refractivity contribution in [2.45, 2.75) is 46.6 Å². The molecule has 4 N–H and O–H groups in total. The largest absolute Gasteiger partial charge is 0.370 e. The van der Waals surface area contributed by atoms with E-state index >= 15 is 0 Å². The van der Waals surface area contributed by atoms with Gasteiger partial charge in [-0.3, -0.25) is 0 Å². The highest BCUT2D eigenvalue weighted by atomic mass is 15.1. The van der Waals surface area contributed by atoms with Crippen molar-refractivity contribution >= 4 is 11.6 Å². The molecule has 0 unspecified atom stereocenters. The first-order valence-corrected chi connectivity index (χ1v) is 6.88. The van der Waals surface area contributed by atoms with Crippen LogP contribution in [0.1, 0.15) is 39.9 Å². The molecule has 1 heterocycles. The van der Waals surface area contributed by atoms with Gasteiger partial charge in [-0.05, 0) is 33.1 Å². The molecule has 0 aromatic carbocycles. The van der Waals surface area contributed by atoms with Crippen LogP contribution in [0, 0.1) is 12.8 Å². The molecule has 0 aliphatic rings. The lowest BCUT2D eigenvalue weighted by Crippen LogP contribution is -2.34. The van der Waals surface area contributed by atoms with Gasteiger partial charge in [0.15, 0.2) is 0 Å². The fourth-order valence-electron chi connectivity index (χ4n) is 1.57. The molecule has 0 saturated heterocycles. The van der Waals surface area contributed by atoms with Gasteiger partial charge in [0.2, 0.25) is 0 Å². The molecule has 5 heteroatoms. The summed E-state index contributed by atoms with van der Waals surface area (Å²) in [7, 11) is 0. The van der Waals surface area contributed by atoms with Crippen molar-refractivity contribution in [1.82, 2.24) is 9.97 Å². The molecule has 19 heavy (non-hydrogen) atoms. The van der Waals surface area contributed by atoms with Crippen LogP contribution in [0.5, 0.6) is 0 Å². The summed E-state index contributed by atoms with van der Waals surface area (Å²) in [6.07, 6.45) is 0.894. The van der Waals surface area contributed by atoms with Gasteiger partial charge in [-0.15, -0.1) is 0 Å². The Hall–Kier alpha value is -1.36. The molecule has 1 aromatic rings. The first-order valence-electron chi connectivity index (χ1n) is 6.88. The number of nitrogens with one attached hydrogen (secondary N) is 2. The summed E-state index contributed by atoms with van der Waals surface area (Å²) < 4.78 is 0. The van der Waals surface area contributed by atoms with Crippen LogP contribution in [0.25, 0.3) is 0 Å². The number of anilines is 2. The van der Waals surface area contributed by atoms with E-state index in [0.717, 1.165) is 37.0 Å². The van der Waals surface area contributed by atoms with Crippen molar-refractivity contribution in [1.29, 1.82) is 0 Å². The fourth-order valence-corrected chi connectivity index (χ4v) is 1.57. The van der Waals surface area contributed by atoms with E-state index in [-0.39, 0.29) is 5.54 Å². The molecule has 0 bridgehead atoms. The second-order valence-electron chi connectivity index (χ2n) is 6.13. The number of aromatic nitrogens is 2. The number of hydrogen-bond acceptors (Lipinski definition) is 5. The van der Waals surface area contributed by atoms with Crippen molar-refractivity contribution in [2.75, 3.05) is 23.7 Å². The predicted octanol–water partition coefficient (Wildman–Crippen LogP) is 2.39. The third-order valence-corrected chi connectivity index (χ3v) is 2.60. The molecule has 5 nitrogen and oxygen atoms in total. The molecule has 0 aliphatic heterocycles. The molecule has 0 saturated carbocycles. The van der Waals surface area contributed by atoms with Gasteiger partial charge in [0.05, 0.1) is 0 Å². The monoisotopic (exact) mass is 265 g/mol. The van der Waals surface area contributed by atoms with E-state index in [0.29, 0.717) is 5.92 Å². The maximum absolute atomic E-state index is 5.96. The lowest BCUT2D eigenvalue weighted by atomic mass is 10.0. The summed E-state index contributed by atoms with van der Waals surface area (Å²) in [5.74, 6) is 3.08. The van der Waals surface area contributed by atoms with Gasteiger partial charge in [-0.2, -0.15) is 0 Å². The molecular weight excluding hydrogens is 238 g/mol. The number of rotatable bonds is 7. The highest BCUT2D eigenvalue weighted by Gasteiger charge is 2.10. The van der Waals surface area contributed by atoms with Gasteiger partial charge < -0.3 is 16.4 Å². The maximum Gasteiger partial charge on any atom is 0.131 e. The molecule has 0 fully saturated rings. The third kappa shape index (κ3) is 6.96. The minimum Gasteiger partial charge on any atom is -0.370 e. The molecular formula is C14H27N5. The molecule has 0 radical (unpaired) electrons. The van der Waals surface area contributed by atoms with Crippen LogP contribution in [-0.2, 0) is 0 Å². The summed E-state index contributed by atoms with van der Waals surface area (Å²) in [6, 6.07) is 1.94. The number of nitrogens with two attached hydrogens (primary N) is 1. The Labute approximate surface area is 116 Å². The minimum absolute atomic E-state index is 0.159. The van der Waals surface area contributed by atoms with Crippen LogP contribution in [0.3, 0.4) is 0 Å². The van der Waals surface area contributed by atoms with Crippen LogP contribution in [0.15, 0.2) is 6.07 Å². The molecule has 0 amide bonds. The summed E-state index contributed by atoms with van der Waals surface area (Å²) in [5.41, 5.74) is 5.80. The number of aryl methyl sites for hydroxylation is 1. The van der Waals surface area contributed by atoms with Gasteiger partial charge >= 0.3 is 0 Å². The summed E-state index contributed by atoms with van der Waals surface area (Å²) in [6.45, 7) is 12.0. The minimum atomic E-state index is -0.159. The zero-order valence-electron chi connectivity index (χ0n) is 12.7. The fraction of sp³-hybridized carbons (Fsp3) is 0.714. The van der Waals surface area contributed by atoms with E-state index in [4.69, 9.17) is 5.73 Å². The topological polar surface area (TPSA) is 75.9 Å². The Morgan fingerprint density at radius 2 is 1.79 bits per heavy atom. The van der Waals surface area contributed by atoms with E-state index in [1.165, 1.54) is 0 Å². The van der Waals surface area contributed by atoms with Gasteiger partial charge in [0.25, 0.3) is 0 Å². The molecule has 1 aromatic heterocycles. The zero-order valence-corrected chi connectivity index (χ0v) is 12.7. The van der Waals surface area contributed by atoms with Crippen molar-refractivity contribution in [3.63, 3.8) is 0 Å². The first-order chi connectivity index (χ1) is 8.76. The predicted molar refractivity (Wildman–Crippen MR) is 81.5 cm³/mol. The maximum atomic E-state index is 5.96. The highest BCUT2D eigenvalue weighted by molar-refractivity contribution is 5.47. The molecule has 0 aliphatic carbocycles. The van der Waals surface area contributed by atoms with E-state index in [2.05, 4.69) is 34.4 Å². The van der Waals surface area contributed by atoms with E-state index < -0.39 is 0 Å². The van der Waals surface area contributed by atoms with E-state index in [9.17, 15) is 0 Å². The quantitative estimate of drug-likeness (QED) is 0.706. The zero-order chi connectivity index (χ0) is 14.5. The van der Waals surface area contributed by atoms with Crippen molar-refractivity contribution in [3.8, 4) is 0 Å². The summed E-state index contributed by atoms with van der Waals surface area (Å²) in [4.78, 5) is 8.75. The van der Waals surface area contributed by atoms with Crippen LogP contribution < -0.4 is 16.4 Å². The average molecular weight is 265 g/mol. The second-order valence-corrected chi connectivity index (χ2v) is 6.13. The lowest BCUT2D eigenvalue weighted by molar-refractivity contribution is 0.490. The van der Waals surface area contributed by atoms with Gasteiger partial charge in [0, 0.05) is 24.7 Å². The second kappa shape index (κ2) is 6.70. The molecule has 0 atom stereocenters. The Balaban J connectivity index is 2.58. The van der Waals surface area contributed by atoms with Crippen molar-refractivity contribution in [3.05, 3.63) is 11.9 Å². The Morgan fingerprint density at radius 3 is 2.32 bits per heavy atom. The van der Waals surface area contributed by atoms with E-state index in [1.807, 2.05) is 26.8 Å². The van der Waals surface area contributed by atoms with Crippen LogP contribution in [-0.4, -0.2) is 28.6 Å². The van der Waals surface area contributed by atoms with Crippen LogP contribution >= 0.6 is 0 Å². The number of nitrogens with zero attached hydrogens (tertiary/aromatic N) is 2. The first kappa shape index (κ1) is 15.7. The standard InChI is InChI=1S/C14H27N5/c1-10(2)9-17-13-8-12(18-11(3)19-13)16-7-6-14(4,5)15/h8,10H,6-7,9,15H2,1-5H3,(H2,16,17,18,19). The molecule has 108 valence electrons. The van der Waals surface area contributed by atoms with Crippen LogP contribution in [0.4, 0.5) is 11.6 Å². The Bertz CT molecular complexity index is 395. The van der Waals surface area contributed by atoms with E-state index in [1.54, 1.807) is 0 Å².